The van der Waals surface area contributed by atoms with Crippen LogP contribution in [0.4, 0.5) is 4.39 Å². The molecule has 1 fully saturated rings. The molecule has 0 spiro atoms. The average Bonchev–Trinajstić information content (AvgIpc) is 3.09. The first-order chi connectivity index (χ1) is 8.58. The van der Waals surface area contributed by atoms with Crippen LogP contribution in [-0.4, -0.2) is 24.3 Å². The Kier molecular flexibility index (Phi) is 4.76. The van der Waals surface area contributed by atoms with E-state index >= 15 is 0 Å². The lowest BCUT2D eigenvalue weighted by Gasteiger charge is -2.21. The van der Waals surface area contributed by atoms with Crippen molar-refractivity contribution in [2.75, 3.05) is 13.1 Å². The maximum absolute atomic E-state index is 13.9. The average molecular weight is 316 g/mol. The van der Waals surface area contributed by atoms with Crippen molar-refractivity contribution in [3.63, 3.8) is 0 Å². The topological polar surface area (TPSA) is 32.3 Å². The van der Waals surface area contributed by atoms with Gasteiger partial charge in [0.2, 0.25) is 0 Å². The maximum Gasteiger partial charge on any atom is 0.127 e. The van der Waals surface area contributed by atoms with E-state index in [0.29, 0.717) is 12.1 Å². The van der Waals surface area contributed by atoms with Gasteiger partial charge in [-0.1, -0.05) is 22.0 Å². The zero-order chi connectivity index (χ0) is 13.1. The molecule has 1 aromatic carbocycles. The van der Waals surface area contributed by atoms with Gasteiger partial charge in [0.15, 0.2) is 0 Å². The Morgan fingerprint density at radius 3 is 2.78 bits per heavy atom. The third kappa shape index (κ3) is 3.77. The molecule has 1 aliphatic carbocycles. The number of rotatable bonds is 6. The molecule has 1 aromatic rings. The van der Waals surface area contributed by atoms with E-state index in [9.17, 15) is 9.50 Å². The highest BCUT2D eigenvalue weighted by Crippen LogP contribution is 2.28. The zero-order valence-electron chi connectivity index (χ0n) is 10.5. The molecule has 0 heterocycles. The van der Waals surface area contributed by atoms with E-state index in [2.05, 4.69) is 21.2 Å². The summed E-state index contributed by atoms with van der Waals surface area (Å²) in [7, 11) is 0. The molecule has 0 saturated heterocycles. The summed E-state index contributed by atoms with van der Waals surface area (Å²) in [5.74, 6) is 0.328. The Balaban J connectivity index is 2.02. The summed E-state index contributed by atoms with van der Waals surface area (Å²) >= 11 is 3.24. The molecular formula is C14H19BrFNO. The summed E-state index contributed by atoms with van der Waals surface area (Å²) in [6.45, 7) is 3.30. The molecule has 0 amide bonds. The van der Waals surface area contributed by atoms with Gasteiger partial charge in [0, 0.05) is 16.9 Å². The molecule has 2 N–H and O–H groups in total. The van der Waals surface area contributed by atoms with Crippen LogP contribution in [0.25, 0.3) is 0 Å². The lowest BCUT2D eigenvalue weighted by molar-refractivity contribution is 0.158. The molecule has 2 rings (SSSR count). The summed E-state index contributed by atoms with van der Waals surface area (Å²) in [5.41, 5.74) is 0.580. The minimum Gasteiger partial charge on any atom is -0.393 e. The minimum absolute atomic E-state index is 0.197. The molecule has 4 heteroatoms. The SMILES string of the molecule is CC(O)[C@H](CNCC1CC1)c1ccc(Br)cc1F. The molecular weight excluding hydrogens is 297 g/mol. The van der Waals surface area contributed by atoms with Crippen LogP contribution >= 0.6 is 15.9 Å². The molecule has 2 atom stereocenters. The number of nitrogens with one attached hydrogen (secondary N) is 1. The lowest BCUT2D eigenvalue weighted by Crippen LogP contribution is -2.30. The first kappa shape index (κ1) is 14.0. The van der Waals surface area contributed by atoms with Crippen LogP contribution in [0.3, 0.4) is 0 Å². The maximum atomic E-state index is 13.9. The second-order valence-electron chi connectivity index (χ2n) is 5.11. The van der Waals surface area contributed by atoms with E-state index < -0.39 is 6.10 Å². The van der Waals surface area contributed by atoms with Crippen LogP contribution in [0.2, 0.25) is 0 Å². The monoisotopic (exact) mass is 315 g/mol. The van der Waals surface area contributed by atoms with Crippen molar-refractivity contribution in [2.24, 2.45) is 5.92 Å². The predicted octanol–water partition coefficient (Wildman–Crippen LogP) is 3.05. The van der Waals surface area contributed by atoms with Gasteiger partial charge in [0.05, 0.1) is 6.10 Å². The van der Waals surface area contributed by atoms with Gasteiger partial charge >= 0.3 is 0 Å². The number of benzene rings is 1. The highest BCUT2D eigenvalue weighted by Gasteiger charge is 2.24. The molecule has 0 aliphatic heterocycles. The molecule has 1 saturated carbocycles. The molecule has 100 valence electrons. The number of hydrogen-bond acceptors (Lipinski definition) is 2. The van der Waals surface area contributed by atoms with Crippen molar-refractivity contribution in [1.29, 1.82) is 0 Å². The highest BCUT2D eigenvalue weighted by atomic mass is 79.9. The van der Waals surface area contributed by atoms with Crippen molar-refractivity contribution >= 4 is 15.9 Å². The van der Waals surface area contributed by atoms with Gasteiger partial charge in [-0.2, -0.15) is 0 Å². The Morgan fingerprint density at radius 2 is 2.22 bits per heavy atom. The summed E-state index contributed by atoms with van der Waals surface area (Å²) in [4.78, 5) is 0. The number of aliphatic hydroxyl groups excluding tert-OH is 1. The number of aliphatic hydroxyl groups is 1. The number of hydrogen-bond donors (Lipinski definition) is 2. The molecule has 0 bridgehead atoms. The molecule has 2 nitrogen and oxygen atoms in total. The summed E-state index contributed by atoms with van der Waals surface area (Å²) in [6, 6.07) is 5.01. The van der Waals surface area contributed by atoms with Crippen molar-refractivity contribution < 1.29 is 9.50 Å². The molecule has 1 aliphatic rings. The number of halogens is 2. The van der Waals surface area contributed by atoms with E-state index in [1.165, 1.54) is 18.9 Å². The van der Waals surface area contributed by atoms with Crippen LogP contribution in [0.5, 0.6) is 0 Å². The third-order valence-electron chi connectivity index (χ3n) is 3.44. The van der Waals surface area contributed by atoms with Crippen LogP contribution < -0.4 is 5.32 Å². The zero-order valence-corrected chi connectivity index (χ0v) is 12.1. The Bertz CT molecular complexity index is 407. The molecule has 0 aromatic heterocycles. The molecule has 0 radical (unpaired) electrons. The van der Waals surface area contributed by atoms with E-state index in [1.54, 1.807) is 13.0 Å². The van der Waals surface area contributed by atoms with Crippen molar-refractivity contribution in [2.45, 2.75) is 31.8 Å². The van der Waals surface area contributed by atoms with Gasteiger partial charge in [0.25, 0.3) is 0 Å². The Labute approximate surface area is 116 Å². The van der Waals surface area contributed by atoms with Gasteiger partial charge in [-0.15, -0.1) is 0 Å². The van der Waals surface area contributed by atoms with Crippen LogP contribution in [0, 0.1) is 11.7 Å². The molecule has 1 unspecified atom stereocenters. The first-order valence-electron chi connectivity index (χ1n) is 6.41. The van der Waals surface area contributed by atoms with Gasteiger partial charge < -0.3 is 10.4 Å². The predicted molar refractivity (Wildman–Crippen MR) is 74.1 cm³/mol. The smallest absolute Gasteiger partial charge is 0.127 e. The van der Waals surface area contributed by atoms with Crippen LogP contribution in [0.15, 0.2) is 22.7 Å². The summed E-state index contributed by atoms with van der Waals surface area (Å²) < 4.78 is 14.6. The fourth-order valence-corrected chi connectivity index (χ4v) is 2.44. The quantitative estimate of drug-likeness (QED) is 0.845. The highest BCUT2D eigenvalue weighted by molar-refractivity contribution is 9.10. The largest absolute Gasteiger partial charge is 0.393 e. The van der Waals surface area contributed by atoms with E-state index in [4.69, 9.17) is 0 Å². The van der Waals surface area contributed by atoms with Gasteiger partial charge in [-0.25, -0.2) is 4.39 Å². The van der Waals surface area contributed by atoms with Crippen LogP contribution in [-0.2, 0) is 0 Å². The van der Waals surface area contributed by atoms with Crippen molar-refractivity contribution in [3.05, 3.63) is 34.1 Å². The van der Waals surface area contributed by atoms with Gasteiger partial charge in [0.1, 0.15) is 5.82 Å². The third-order valence-corrected chi connectivity index (χ3v) is 3.93. The van der Waals surface area contributed by atoms with Gasteiger partial charge in [-0.05, 0) is 49.9 Å². The second kappa shape index (κ2) is 6.13. The second-order valence-corrected chi connectivity index (χ2v) is 6.03. The first-order valence-corrected chi connectivity index (χ1v) is 7.21. The molecule has 18 heavy (non-hydrogen) atoms. The van der Waals surface area contributed by atoms with Crippen molar-refractivity contribution in [3.8, 4) is 0 Å². The Morgan fingerprint density at radius 1 is 1.50 bits per heavy atom. The lowest BCUT2D eigenvalue weighted by atomic mass is 9.93. The summed E-state index contributed by atoms with van der Waals surface area (Å²) in [5, 5.41) is 13.2. The minimum atomic E-state index is -0.563. The fraction of sp³-hybridized carbons (Fsp3) is 0.571. The van der Waals surface area contributed by atoms with E-state index in [1.807, 2.05) is 6.07 Å². The van der Waals surface area contributed by atoms with Crippen LogP contribution in [0.1, 0.15) is 31.2 Å². The fourth-order valence-electron chi connectivity index (χ4n) is 2.11. The summed E-state index contributed by atoms with van der Waals surface area (Å²) in [6.07, 6.45) is 2.02. The van der Waals surface area contributed by atoms with Crippen molar-refractivity contribution in [1.82, 2.24) is 5.32 Å². The van der Waals surface area contributed by atoms with Gasteiger partial charge in [-0.3, -0.25) is 0 Å². The van der Waals surface area contributed by atoms with E-state index in [0.717, 1.165) is 16.9 Å². The van der Waals surface area contributed by atoms with E-state index in [-0.39, 0.29) is 11.7 Å². The Hall–Kier alpha value is -0.450. The normalized spacial score (nSPS) is 18.7. The standard InChI is InChI=1S/C14H19BrFNO/c1-9(18)13(8-17-7-10-2-3-10)12-5-4-11(15)6-14(12)16/h4-6,9-10,13,17-18H,2-3,7-8H2,1H3/t9?,13-/m0/s1.